The van der Waals surface area contributed by atoms with Crippen LogP contribution in [0.4, 0.5) is 13.2 Å². The van der Waals surface area contributed by atoms with Gasteiger partial charge in [0.05, 0.1) is 29.5 Å². The van der Waals surface area contributed by atoms with Gasteiger partial charge in [-0.3, -0.25) is 28.0 Å². The van der Waals surface area contributed by atoms with Crippen molar-refractivity contribution in [3.63, 3.8) is 0 Å². The monoisotopic (exact) mass is 559 g/mol. The van der Waals surface area contributed by atoms with E-state index in [1.54, 1.807) is 36.7 Å². The maximum absolute atomic E-state index is 13.6. The van der Waals surface area contributed by atoms with Crippen LogP contribution in [0.1, 0.15) is 64.3 Å². The Bertz CT molecular complexity index is 1640. The van der Waals surface area contributed by atoms with Gasteiger partial charge in [0.1, 0.15) is 5.52 Å². The molecular formula is C28H32F3N5O4. The second-order valence-corrected chi connectivity index (χ2v) is 9.58. The predicted molar refractivity (Wildman–Crippen MR) is 144 cm³/mol. The number of rotatable bonds is 10. The molecule has 0 aliphatic heterocycles. The first-order valence-corrected chi connectivity index (χ1v) is 13.3. The molecule has 0 spiro atoms. The van der Waals surface area contributed by atoms with E-state index in [1.807, 2.05) is 13.8 Å². The largest absolute Gasteiger partial charge is 0.441 e. The molecule has 0 N–H and O–H groups in total. The molecule has 0 radical (unpaired) electrons. The quantitative estimate of drug-likeness (QED) is 0.250. The molecule has 0 saturated carbocycles. The summed E-state index contributed by atoms with van der Waals surface area (Å²) in [6, 6.07) is 6.70. The lowest BCUT2D eigenvalue weighted by Crippen LogP contribution is -2.40. The fourth-order valence-electron chi connectivity index (χ4n) is 4.84. The number of ether oxygens (including phenoxy) is 1. The molecule has 0 bridgehead atoms. The van der Waals surface area contributed by atoms with Gasteiger partial charge in [-0.2, -0.15) is 18.3 Å². The average molecular weight is 560 g/mol. The van der Waals surface area contributed by atoms with E-state index in [0.29, 0.717) is 41.7 Å². The second kappa shape index (κ2) is 11.6. The first-order chi connectivity index (χ1) is 19.0. The van der Waals surface area contributed by atoms with Crippen molar-refractivity contribution in [3.8, 4) is 11.3 Å². The van der Waals surface area contributed by atoms with Crippen LogP contribution < -0.4 is 11.2 Å². The number of carbonyl (C=O) groups excluding carboxylic acids is 1. The second-order valence-electron chi connectivity index (χ2n) is 9.58. The zero-order valence-electron chi connectivity index (χ0n) is 22.9. The van der Waals surface area contributed by atoms with Crippen LogP contribution in [-0.4, -0.2) is 29.5 Å². The third-order valence-corrected chi connectivity index (χ3v) is 6.63. The minimum Gasteiger partial charge on any atom is -0.441 e. The highest BCUT2D eigenvalue weighted by atomic mass is 19.4. The van der Waals surface area contributed by atoms with Gasteiger partial charge >= 0.3 is 17.8 Å². The molecular weight excluding hydrogens is 527 g/mol. The number of hydrogen-bond acceptors (Lipinski definition) is 5. The molecule has 40 heavy (non-hydrogen) atoms. The number of alkyl halides is 3. The molecule has 214 valence electrons. The number of halogens is 3. The Hall–Kier alpha value is -4.09. The molecule has 0 aliphatic rings. The summed E-state index contributed by atoms with van der Waals surface area (Å²) in [4.78, 5) is 39.2. The van der Waals surface area contributed by atoms with E-state index in [-0.39, 0.29) is 25.0 Å². The number of nitrogens with zero attached hydrogens (tertiary/aromatic N) is 5. The van der Waals surface area contributed by atoms with E-state index in [9.17, 15) is 27.6 Å². The highest BCUT2D eigenvalue weighted by Crippen LogP contribution is 2.32. The van der Waals surface area contributed by atoms with Gasteiger partial charge in [0.15, 0.2) is 6.23 Å². The Morgan fingerprint density at radius 2 is 1.82 bits per heavy atom. The number of benzene rings is 1. The Balaban J connectivity index is 1.87. The number of esters is 1. The Morgan fingerprint density at radius 1 is 1.07 bits per heavy atom. The summed E-state index contributed by atoms with van der Waals surface area (Å²) < 4.78 is 51.0. The van der Waals surface area contributed by atoms with Crippen LogP contribution >= 0.6 is 0 Å². The average Bonchev–Trinajstić information content (AvgIpc) is 3.52. The van der Waals surface area contributed by atoms with E-state index >= 15 is 0 Å². The zero-order chi connectivity index (χ0) is 29.2. The maximum Gasteiger partial charge on any atom is 0.416 e. The summed E-state index contributed by atoms with van der Waals surface area (Å²) in [7, 11) is 0. The molecule has 4 aromatic rings. The zero-order valence-corrected chi connectivity index (χ0v) is 22.9. The van der Waals surface area contributed by atoms with E-state index in [1.165, 1.54) is 26.1 Å². The van der Waals surface area contributed by atoms with Crippen LogP contribution in [0.25, 0.3) is 22.3 Å². The third kappa shape index (κ3) is 5.61. The molecule has 0 fully saturated rings. The topological polar surface area (TPSA) is 93.1 Å². The van der Waals surface area contributed by atoms with Gasteiger partial charge in [0.2, 0.25) is 0 Å². The molecule has 9 nitrogen and oxygen atoms in total. The molecule has 3 aromatic heterocycles. The molecule has 12 heteroatoms. The Labute approximate surface area is 228 Å². The van der Waals surface area contributed by atoms with Crippen molar-refractivity contribution in [3.05, 3.63) is 74.7 Å². The van der Waals surface area contributed by atoms with Crippen molar-refractivity contribution in [2.45, 2.75) is 79.0 Å². The van der Waals surface area contributed by atoms with Gasteiger partial charge in [-0.15, -0.1) is 0 Å². The summed E-state index contributed by atoms with van der Waals surface area (Å²) >= 11 is 0. The van der Waals surface area contributed by atoms with E-state index in [2.05, 4.69) is 5.10 Å². The summed E-state index contributed by atoms with van der Waals surface area (Å²) in [5, 5.41) is 4.33. The summed E-state index contributed by atoms with van der Waals surface area (Å²) in [5.41, 5.74) is 0.369. The highest BCUT2D eigenvalue weighted by Gasteiger charge is 2.30. The molecule has 0 amide bonds. The van der Waals surface area contributed by atoms with Crippen molar-refractivity contribution < 1.29 is 22.7 Å². The number of hydrogen-bond donors (Lipinski definition) is 0. The lowest BCUT2D eigenvalue weighted by molar-refractivity contribution is -0.152. The number of carbonyl (C=O) groups is 1. The van der Waals surface area contributed by atoms with Crippen LogP contribution in [0.5, 0.6) is 0 Å². The van der Waals surface area contributed by atoms with E-state index in [0.717, 1.165) is 12.1 Å². The van der Waals surface area contributed by atoms with Crippen molar-refractivity contribution in [1.82, 2.24) is 23.5 Å². The third-order valence-electron chi connectivity index (χ3n) is 6.63. The minimum atomic E-state index is -4.46. The van der Waals surface area contributed by atoms with Gasteiger partial charge in [-0.05, 0) is 50.5 Å². The fraction of sp³-hybridized carbons (Fsp3) is 0.429. The molecule has 3 heterocycles. The van der Waals surface area contributed by atoms with Crippen LogP contribution in [-0.2, 0) is 35.3 Å². The predicted octanol–water partition coefficient (Wildman–Crippen LogP) is 5.19. The standard InChI is InChI=1S/C28H32F3N5O4/c1-5-9-24(37)40-18(4)36-22(14-23-25(36)26(38)35(12-6-2)27(39)34(23)7-3)20-15-32-33(17-20)16-19-10-8-11-21(13-19)28(29,30)31/h8,10-11,13-15,17-18H,5-7,9,12,16H2,1-4H3. The number of aromatic nitrogens is 5. The number of aryl methyl sites for hydroxylation is 1. The molecule has 0 saturated heterocycles. The lowest BCUT2D eigenvalue weighted by Gasteiger charge is -2.19. The van der Waals surface area contributed by atoms with Crippen molar-refractivity contribution in [2.75, 3.05) is 0 Å². The Morgan fingerprint density at radius 3 is 2.48 bits per heavy atom. The molecule has 1 atom stereocenters. The first kappa shape index (κ1) is 28.9. The van der Waals surface area contributed by atoms with Gasteiger partial charge < -0.3 is 4.74 Å². The molecule has 0 aliphatic carbocycles. The normalized spacial score (nSPS) is 12.7. The minimum absolute atomic E-state index is 0.0775. The van der Waals surface area contributed by atoms with Crippen LogP contribution in [0.2, 0.25) is 0 Å². The van der Waals surface area contributed by atoms with Crippen molar-refractivity contribution in [2.24, 2.45) is 0 Å². The van der Waals surface area contributed by atoms with Crippen LogP contribution in [0, 0.1) is 0 Å². The van der Waals surface area contributed by atoms with Gasteiger partial charge in [0.25, 0.3) is 5.56 Å². The molecule has 1 unspecified atom stereocenters. The number of fused-ring (bicyclic) bond motifs is 1. The highest BCUT2D eigenvalue weighted by molar-refractivity contribution is 5.84. The summed E-state index contributed by atoms with van der Waals surface area (Å²) in [6.07, 6.45) is -0.815. The SMILES string of the molecule is CCCC(=O)OC(C)n1c(-c2cnn(Cc3cccc(C(F)(F)F)c3)c2)cc2c1c(=O)n(CCC)c(=O)n2CC. The van der Waals surface area contributed by atoms with Gasteiger partial charge in [-0.1, -0.05) is 26.0 Å². The maximum atomic E-state index is 13.6. The van der Waals surface area contributed by atoms with Gasteiger partial charge in [0, 0.05) is 31.3 Å². The first-order valence-electron chi connectivity index (χ1n) is 13.3. The van der Waals surface area contributed by atoms with E-state index < -0.39 is 35.2 Å². The van der Waals surface area contributed by atoms with Crippen molar-refractivity contribution in [1.29, 1.82) is 0 Å². The lowest BCUT2D eigenvalue weighted by atomic mass is 10.1. The van der Waals surface area contributed by atoms with Crippen LogP contribution in [0.3, 0.4) is 0 Å². The summed E-state index contributed by atoms with van der Waals surface area (Å²) in [6.45, 7) is 7.78. The van der Waals surface area contributed by atoms with E-state index in [4.69, 9.17) is 4.74 Å². The Kier molecular flexibility index (Phi) is 8.36. The van der Waals surface area contributed by atoms with Crippen molar-refractivity contribution >= 4 is 17.0 Å². The summed E-state index contributed by atoms with van der Waals surface area (Å²) in [5.74, 6) is -0.430. The molecule has 4 rings (SSSR count). The molecule has 1 aromatic carbocycles. The van der Waals surface area contributed by atoms with Gasteiger partial charge in [-0.25, -0.2) is 4.79 Å². The van der Waals surface area contributed by atoms with Crippen LogP contribution in [0.15, 0.2) is 52.3 Å². The fourth-order valence-corrected chi connectivity index (χ4v) is 4.84. The smallest absolute Gasteiger partial charge is 0.416 e.